The predicted molar refractivity (Wildman–Crippen MR) is 70.6 cm³/mol. The van der Waals surface area contributed by atoms with Crippen molar-refractivity contribution in [3.8, 4) is 5.75 Å². The van der Waals surface area contributed by atoms with Gasteiger partial charge in [-0.2, -0.15) is 0 Å². The number of nitrogens with two attached hydrogens (primary N) is 1. The summed E-state index contributed by atoms with van der Waals surface area (Å²) in [6.45, 7) is 4.89. The first-order valence-corrected chi connectivity index (χ1v) is 5.67. The largest absolute Gasteiger partial charge is 0.497 e. The van der Waals surface area contributed by atoms with Crippen molar-refractivity contribution in [2.45, 2.75) is 25.9 Å². The van der Waals surface area contributed by atoms with E-state index in [9.17, 15) is 0 Å². The van der Waals surface area contributed by atoms with Crippen molar-refractivity contribution in [1.29, 1.82) is 0 Å². The van der Waals surface area contributed by atoms with Gasteiger partial charge in [0.1, 0.15) is 5.75 Å². The lowest BCUT2D eigenvalue weighted by atomic mass is 10.3. The molecule has 0 saturated carbocycles. The van der Waals surface area contributed by atoms with Crippen molar-refractivity contribution in [2.75, 3.05) is 20.2 Å². The summed E-state index contributed by atoms with van der Waals surface area (Å²) < 4.78 is 5.24. The fourth-order valence-electron chi connectivity index (χ4n) is 2.14. The van der Waals surface area contributed by atoms with E-state index in [0.717, 1.165) is 43.2 Å². The van der Waals surface area contributed by atoms with E-state index in [1.54, 1.807) is 7.11 Å². The van der Waals surface area contributed by atoms with Gasteiger partial charge in [0.05, 0.1) is 12.8 Å². The maximum Gasteiger partial charge on any atom is 0.122 e. The van der Waals surface area contributed by atoms with Gasteiger partial charge in [0.15, 0.2) is 0 Å². The number of hydrogen-bond donors (Lipinski definition) is 1. The maximum atomic E-state index is 5.88. The van der Waals surface area contributed by atoms with Crippen LogP contribution in [0.15, 0.2) is 12.1 Å². The summed E-state index contributed by atoms with van der Waals surface area (Å²) in [6, 6.07) is 4.27. The molecule has 2 N–H and O–H groups in total. The maximum absolute atomic E-state index is 5.88. The lowest BCUT2D eigenvalue weighted by Gasteiger charge is -2.15. The number of pyridine rings is 1. The monoisotopic (exact) mass is 257 g/mol. The van der Waals surface area contributed by atoms with Gasteiger partial charge < -0.3 is 10.5 Å². The van der Waals surface area contributed by atoms with Gasteiger partial charge in [0.25, 0.3) is 0 Å². The fraction of sp³-hybridized carbons (Fsp3) is 0.583. The second-order valence-corrected chi connectivity index (χ2v) is 4.42. The van der Waals surface area contributed by atoms with Gasteiger partial charge in [-0.25, -0.2) is 0 Å². The van der Waals surface area contributed by atoms with Crippen LogP contribution in [0.1, 0.15) is 17.8 Å². The van der Waals surface area contributed by atoms with Crippen molar-refractivity contribution >= 4 is 12.4 Å². The molecule has 1 aromatic rings. The average molecular weight is 258 g/mol. The zero-order valence-electron chi connectivity index (χ0n) is 10.3. The predicted octanol–water partition coefficient (Wildman–Crippen LogP) is 1.35. The third-order valence-electron chi connectivity index (χ3n) is 2.91. The molecule has 96 valence electrons. The highest BCUT2D eigenvalue weighted by Gasteiger charge is 2.19. The van der Waals surface area contributed by atoms with Crippen LogP contribution in [0.4, 0.5) is 0 Å². The average Bonchev–Trinajstić information content (AvgIpc) is 2.63. The van der Waals surface area contributed by atoms with Crippen LogP contribution >= 0.6 is 12.4 Å². The van der Waals surface area contributed by atoms with Crippen LogP contribution in [0.3, 0.4) is 0 Å². The van der Waals surface area contributed by atoms with E-state index in [2.05, 4.69) is 9.88 Å². The van der Waals surface area contributed by atoms with Crippen LogP contribution in [-0.2, 0) is 6.54 Å². The van der Waals surface area contributed by atoms with E-state index in [1.165, 1.54) is 0 Å². The van der Waals surface area contributed by atoms with Crippen molar-refractivity contribution in [1.82, 2.24) is 9.88 Å². The molecule has 1 fully saturated rings. The van der Waals surface area contributed by atoms with Crippen LogP contribution < -0.4 is 10.5 Å². The van der Waals surface area contributed by atoms with Gasteiger partial charge in [-0.1, -0.05) is 0 Å². The Hall–Kier alpha value is -0.840. The minimum atomic E-state index is 0. The zero-order valence-corrected chi connectivity index (χ0v) is 11.2. The number of aryl methyl sites for hydroxylation is 1. The third kappa shape index (κ3) is 3.84. The molecule has 0 aliphatic carbocycles. The molecular formula is C12H20ClN3O. The first kappa shape index (κ1) is 14.2. The lowest BCUT2D eigenvalue weighted by Crippen LogP contribution is -2.26. The van der Waals surface area contributed by atoms with Crippen molar-refractivity contribution < 1.29 is 4.74 Å². The Morgan fingerprint density at radius 2 is 2.29 bits per heavy atom. The summed E-state index contributed by atoms with van der Waals surface area (Å²) >= 11 is 0. The second-order valence-electron chi connectivity index (χ2n) is 4.42. The minimum absolute atomic E-state index is 0. The molecule has 4 nitrogen and oxygen atoms in total. The smallest absolute Gasteiger partial charge is 0.122 e. The number of rotatable bonds is 3. The van der Waals surface area contributed by atoms with E-state index in [0.29, 0.717) is 6.04 Å². The van der Waals surface area contributed by atoms with Gasteiger partial charge in [-0.05, 0) is 13.3 Å². The SMILES string of the molecule is COc1cc(C)nc(CN2CC[C@@H](N)C2)c1.Cl. The summed E-state index contributed by atoms with van der Waals surface area (Å²) in [5.74, 6) is 0.881. The van der Waals surface area contributed by atoms with E-state index >= 15 is 0 Å². The van der Waals surface area contributed by atoms with Crippen LogP contribution in [0, 0.1) is 6.92 Å². The highest BCUT2D eigenvalue weighted by atomic mass is 35.5. The fourth-order valence-corrected chi connectivity index (χ4v) is 2.14. The molecule has 0 unspecified atom stereocenters. The van der Waals surface area contributed by atoms with Crippen molar-refractivity contribution in [2.24, 2.45) is 5.73 Å². The summed E-state index contributed by atoms with van der Waals surface area (Å²) in [5.41, 5.74) is 7.94. The Bertz CT molecular complexity index is 373. The highest BCUT2D eigenvalue weighted by Crippen LogP contribution is 2.16. The summed E-state index contributed by atoms with van der Waals surface area (Å²) in [6.07, 6.45) is 1.09. The molecule has 1 aromatic heterocycles. The Kier molecular flexibility index (Phi) is 5.18. The van der Waals surface area contributed by atoms with E-state index in [-0.39, 0.29) is 12.4 Å². The van der Waals surface area contributed by atoms with Gasteiger partial charge in [0.2, 0.25) is 0 Å². The number of halogens is 1. The van der Waals surface area contributed by atoms with Gasteiger partial charge >= 0.3 is 0 Å². The molecule has 1 saturated heterocycles. The van der Waals surface area contributed by atoms with Crippen molar-refractivity contribution in [3.05, 3.63) is 23.5 Å². The van der Waals surface area contributed by atoms with E-state index in [4.69, 9.17) is 10.5 Å². The Morgan fingerprint density at radius 1 is 1.53 bits per heavy atom. The van der Waals surface area contributed by atoms with Gasteiger partial charge in [-0.3, -0.25) is 9.88 Å². The van der Waals surface area contributed by atoms with Crippen LogP contribution in [0.25, 0.3) is 0 Å². The highest BCUT2D eigenvalue weighted by molar-refractivity contribution is 5.85. The second kappa shape index (κ2) is 6.19. The molecule has 0 spiro atoms. The number of hydrogen-bond acceptors (Lipinski definition) is 4. The quantitative estimate of drug-likeness (QED) is 0.888. The Balaban J connectivity index is 0.00000144. The standard InChI is InChI=1S/C12H19N3O.ClH/c1-9-5-12(16-2)6-11(14-9)8-15-4-3-10(13)7-15;/h5-6,10H,3-4,7-8,13H2,1-2H3;1H/t10-;/m1./s1. The number of methoxy groups -OCH3 is 1. The lowest BCUT2D eigenvalue weighted by molar-refractivity contribution is 0.321. The molecule has 2 rings (SSSR count). The Morgan fingerprint density at radius 3 is 2.88 bits per heavy atom. The summed E-state index contributed by atoms with van der Waals surface area (Å²) in [7, 11) is 1.68. The molecular weight excluding hydrogens is 238 g/mol. The zero-order chi connectivity index (χ0) is 11.5. The molecule has 17 heavy (non-hydrogen) atoms. The molecule has 1 aliphatic rings. The van der Waals surface area contributed by atoms with Crippen LogP contribution in [0.2, 0.25) is 0 Å². The van der Waals surface area contributed by atoms with Crippen LogP contribution in [0.5, 0.6) is 5.75 Å². The molecule has 0 bridgehead atoms. The van der Waals surface area contributed by atoms with Crippen molar-refractivity contribution in [3.63, 3.8) is 0 Å². The number of ether oxygens (including phenoxy) is 1. The third-order valence-corrected chi connectivity index (χ3v) is 2.91. The van der Waals surface area contributed by atoms with E-state index < -0.39 is 0 Å². The van der Waals surface area contributed by atoms with E-state index in [1.807, 2.05) is 19.1 Å². The van der Waals surface area contributed by atoms with Gasteiger partial charge in [0, 0.05) is 43.5 Å². The summed E-state index contributed by atoms with van der Waals surface area (Å²) in [5, 5.41) is 0. The molecule has 2 heterocycles. The molecule has 0 amide bonds. The molecule has 0 aromatic carbocycles. The summed E-state index contributed by atoms with van der Waals surface area (Å²) in [4.78, 5) is 6.85. The molecule has 5 heteroatoms. The molecule has 1 atom stereocenters. The minimum Gasteiger partial charge on any atom is -0.497 e. The van der Waals surface area contributed by atoms with Crippen LogP contribution in [-0.4, -0.2) is 36.1 Å². The molecule has 0 radical (unpaired) electrons. The number of aromatic nitrogens is 1. The Labute approximate surface area is 109 Å². The van der Waals surface area contributed by atoms with Gasteiger partial charge in [-0.15, -0.1) is 12.4 Å². The first-order valence-electron chi connectivity index (χ1n) is 5.67. The molecule has 1 aliphatic heterocycles. The normalized spacial score (nSPS) is 20.1. The topological polar surface area (TPSA) is 51.4 Å². The first-order chi connectivity index (χ1) is 7.67. The number of likely N-dealkylation sites (tertiary alicyclic amines) is 1. The number of nitrogens with zero attached hydrogens (tertiary/aromatic N) is 2.